The van der Waals surface area contributed by atoms with Gasteiger partial charge in [0, 0.05) is 19.4 Å². The quantitative estimate of drug-likeness (QED) is 0.0252. The van der Waals surface area contributed by atoms with Gasteiger partial charge in [-0.05, 0) is 121 Å². The second kappa shape index (κ2) is 45.0. The molecular weight excluding hydrogens is 1330 g/mol. The molecule has 99 heavy (non-hydrogen) atoms. The number of hydrogen-bond donors (Lipinski definition) is 21. The third kappa shape index (κ3) is 31.5. The number of aliphatic hydroxyl groups excluding tert-OH is 5. The van der Waals surface area contributed by atoms with Gasteiger partial charge in [0.1, 0.15) is 72.5 Å². The van der Waals surface area contributed by atoms with Gasteiger partial charge in [-0.1, -0.05) is 41.5 Å². The van der Waals surface area contributed by atoms with Crippen molar-refractivity contribution in [2.24, 2.45) is 35.0 Å². The van der Waals surface area contributed by atoms with Gasteiger partial charge in [0.15, 0.2) is 0 Å². The SMILES string of the molecule is C[35S]CC[C@H](N)C(=O)N[C@H](C(=O)N[C@@H](CO)C(=O)N[C@@H](CCC(=O)O)C(=O)N[C@@H](CCCCN)C(=O)N[C@@H](CO)C(=O)N[C@@H](CCC(N)=O)C(=O)N[C@H](C(=O)N1CCC[C@H]1C(=O)N[C@@H](CC(C)C)C(=O)N[C@H](C(=O)N[C@H](C(=O)N[C@@H](CC(C)C)C(=O)O)[C@@H](C)O)C(C)C)[C@@H](C)O)[C@@H](C)O. The van der Waals surface area contributed by atoms with Crippen LogP contribution >= 0.6 is 11.8 Å². The van der Waals surface area contributed by atoms with Crippen LogP contribution in [-0.2, 0) is 71.9 Å². The number of primary amides is 1. The van der Waals surface area contributed by atoms with Crippen molar-refractivity contribution in [1.29, 1.82) is 0 Å². The Labute approximate surface area is 579 Å². The molecule has 0 spiro atoms. The minimum Gasteiger partial charge on any atom is -0.481 e. The number of hydrogen-bond acceptors (Lipinski definition) is 23. The van der Waals surface area contributed by atoms with Crippen LogP contribution in [0, 0.1) is 17.8 Å². The topological polar surface area (TPSA) is 611 Å². The first kappa shape index (κ1) is 89.1. The van der Waals surface area contributed by atoms with Crippen LogP contribution in [0.2, 0.25) is 0 Å². The Morgan fingerprint density at radius 1 is 0.475 bits per heavy atom. The molecule has 16 atom stereocenters. The smallest absolute Gasteiger partial charge is 0.326 e. The summed E-state index contributed by atoms with van der Waals surface area (Å²) in [5.41, 5.74) is 17.0. The van der Waals surface area contributed by atoms with Gasteiger partial charge in [-0.15, -0.1) is 0 Å². The minimum atomic E-state index is -1.96. The largest absolute Gasteiger partial charge is 0.481 e. The summed E-state index contributed by atoms with van der Waals surface area (Å²) >= 11 is 1.40. The summed E-state index contributed by atoms with van der Waals surface area (Å²) in [7, 11) is 0. The highest BCUT2D eigenvalue weighted by molar-refractivity contribution is 7.98. The molecule has 1 aliphatic heterocycles. The van der Waals surface area contributed by atoms with Crippen molar-refractivity contribution in [1.82, 2.24) is 63.4 Å². The summed E-state index contributed by atoms with van der Waals surface area (Å²) < 4.78 is 0. The summed E-state index contributed by atoms with van der Waals surface area (Å²) in [4.78, 5) is 202. The fourth-order valence-electron chi connectivity index (χ4n) is 10.1. The zero-order chi connectivity index (χ0) is 75.7. The molecule has 1 saturated heterocycles. The number of nitrogens with zero attached hydrogens (tertiary/aromatic N) is 1. The Kier molecular flexibility index (Phi) is 40.5. The molecule has 24 N–H and O–H groups in total. The van der Waals surface area contributed by atoms with Crippen LogP contribution in [0.3, 0.4) is 0 Å². The number of carboxylic acid groups (broad SMARTS) is 2. The Balaban J connectivity index is 3.48. The Morgan fingerprint density at radius 2 is 0.869 bits per heavy atom. The molecule has 1 rings (SSSR count). The van der Waals surface area contributed by atoms with Crippen molar-refractivity contribution in [3.63, 3.8) is 0 Å². The van der Waals surface area contributed by atoms with E-state index in [0.717, 1.165) is 18.7 Å². The highest BCUT2D eigenvalue weighted by Crippen LogP contribution is 2.21. The lowest BCUT2D eigenvalue weighted by molar-refractivity contribution is -0.145. The van der Waals surface area contributed by atoms with Crippen molar-refractivity contribution in [3.05, 3.63) is 0 Å². The molecule has 0 aromatic carbocycles. The molecule has 13 amide bonds. The molecular formula is C61H107N15O22S. The average Bonchev–Trinajstić information content (AvgIpc) is 1.76. The molecule has 0 saturated carbocycles. The number of carbonyl (C=O) groups is 15. The number of amides is 13. The van der Waals surface area contributed by atoms with Crippen molar-refractivity contribution < 1.29 is 108 Å². The first-order chi connectivity index (χ1) is 46.3. The molecule has 37 nitrogen and oxygen atoms in total. The van der Waals surface area contributed by atoms with Gasteiger partial charge in [-0.25, -0.2) is 4.79 Å². The van der Waals surface area contributed by atoms with E-state index in [0.29, 0.717) is 5.75 Å². The first-order valence-corrected chi connectivity index (χ1v) is 34.2. The second-order valence-electron chi connectivity index (χ2n) is 25.6. The van der Waals surface area contributed by atoms with E-state index in [9.17, 15) is 108 Å². The molecule has 0 bridgehead atoms. The third-order valence-electron chi connectivity index (χ3n) is 15.7. The zero-order valence-corrected chi connectivity index (χ0v) is 58.6. The molecule has 0 unspecified atom stereocenters. The number of carbonyl (C=O) groups excluding carboxylic acids is 13. The maximum atomic E-state index is 14.4. The number of likely N-dealkylation sites (tertiary alicyclic amines) is 1. The molecule has 564 valence electrons. The summed E-state index contributed by atoms with van der Waals surface area (Å²) in [5, 5.41) is 97.5. The van der Waals surface area contributed by atoms with Crippen LogP contribution in [0.15, 0.2) is 0 Å². The van der Waals surface area contributed by atoms with E-state index in [1.165, 1.54) is 18.7 Å². The van der Waals surface area contributed by atoms with Crippen molar-refractivity contribution >= 4 is 100 Å². The van der Waals surface area contributed by atoms with Crippen LogP contribution in [-0.4, -0.2) is 265 Å². The number of nitrogens with one attached hydrogen (secondary N) is 11. The van der Waals surface area contributed by atoms with Crippen LogP contribution in [0.25, 0.3) is 0 Å². The Bertz CT molecular complexity index is 2750. The highest BCUT2D eigenvalue weighted by atomic mass is 35.1. The monoisotopic (exact) mass is 1440 g/mol. The molecule has 0 aromatic rings. The van der Waals surface area contributed by atoms with Crippen LogP contribution in [0.1, 0.15) is 139 Å². The van der Waals surface area contributed by atoms with E-state index in [1.807, 2.05) is 0 Å². The number of aliphatic carboxylic acids is 2. The Hall–Kier alpha value is -7.88. The van der Waals surface area contributed by atoms with Gasteiger partial charge in [0.25, 0.3) is 0 Å². The lowest BCUT2D eigenvalue weighted by Crippen LogP contribution is -2.63. The maximum Gasteiger partial charge on any atom is 0.326 e. The molecule has 38 heteroatoms. The summed E-state index contributed by atoms with van der Waals surface area (Å²) in [6.45, 7) is 11.2. The predicted molar refractivity (Wildman–Crippen MR) is 356 cm³/mol. The van der Waals surface area contributed by atoms with E-state index in [2.05, 4.69) is 58.5 Å². The number of aliphatic hydroxyl groups is 5. The number of unbranched alkanes of at least 4 members (excludes halogenated alkanes) is 1. The normalized spacial score (nSPS) is 17.5. The average molecular weight is 1440 g/mol. The van der Waals surface area contributed by atoms with E-state index < -0.39 is 230 Å². The minimum absolute atomic E-state index is 0.0108. The number of rotatable bonds is 47. The van der Waals surface area contributed by atoms with Crippen LogP contribution in [0.5, 0.6) is 0 Å². The van der Waals surface area contributed by atoms with E-state index in [-0.39, 0.29) is 76.3 Å². The van der Waals surface area contributed by atoms with E-state index in [4.69, 9.17) is 17.2 Å². The molecule has 1 fully saturated rings. The molecule has 1 heterocycles. The third-order valence-corrected chi connectivity index (χ3v) is 16.3. The number of thioether (sulfide) groups is 1. The van der Waals surface area contributed by atoms with Gasteiger partial charge in [0.2, 0.25) is 76.8 Å². The fraction of sp³-hybridized carbons (Fsp3) is 0.754. The van der Waals surface area contributed by atoms with E-state index >= 15 is 0 Å². The molecule has 0 radical (unpaired) electrons. The molecule has 1 aliphatic rings. The van der Waals surface area contributed by atoms with Gasteiger partial charge in [-0.2, -0.15) is 11.8 Å². The number of carboxylic acids is 2. The summed E-state index contributed by atoms with van der Waals surface area (Å²) in [6, 6.07) is -20.9. The fourth-order valence-corrected chi connectivity index (χ4v) is 10.6. The zero-order valence-electron chi connectivity index (χ0n) is 57.8. The lowest BCUT2D eigenvalue weighted by atomic mass is 9.98. The Morgan fingerprint density at radius 3 is 1.30 bits per heavy atom. The van der Waals surface area contributed by atoms with Gasteiger partial charge in [0.05, 0.1) is 37.6 Å². The van der Waals surface area contributed by atoms with Crippen molar-refractivity contribution in [2.75, 3.05) is 38.3 Å². The second-order valence-corrected chi connectivity index (χ2v) is 26.6. The molecule has 0 aromatic heterocycles. The number of nitrogens with two attached hydrogens (primary N) is 3. The van der Waals surface area contributed by atoms with Crippen molar-refractivity contribution in [3.8, 4) is 0 Å². The van der Waals surface area contributed by atoms with Gasteiger partial charge < -0.3 is 116 Å². The summed E-state index contributed by atoms with van der Waals surface area (Å²) in [6.07, 6.45) is -5.05. The van der Waals surface area contributed by atoms with Crippen LogP contribution in [0.4, 0.5) is 0 Å². The van der Waals surface area contributed by atoms with Gasteiger partial charge in [-0.3, -0.25) is 67.1 Å². The highest BCUT2D eigenvalue weighted by Gasteiger charge is 2.43. The van der Waals surface area contributed by atoms with Crippen LogP contribution < -0.4 is 75.7 Å². The van der Waals surface area contributed by atoms with E-state index in [1.54, 1.807) is 47.8 Å². The maximum absolute atomic E-state index is 14.4. The van der Waals surface area contributed by atoms with Crippen molar-refractivity contribution in [2.45, 2.75) is 236 Å². The molecule has 0 aliphatic carbocycles. The predicted octanol–water partition coefficient (Wildman–Crippen LogP) is -7.39. The first-order valence-electron chi connectivity index (χ1n) is 32.8. The van der Waals surface area contributed by atoms with Gasteiger partial charge >= 0.3 is 11.9 Å². The standard InChI is InChI=1S/C61H107N15O22S/c1-28(2)24-38(53(89)72-45(30(5)6)57(93)74-47(32(8)80)58(94)69-39(61(97)98)25-29(3)4)68-56(92)42-15-13-22-76(42)60(96)48(33(9)81)75-52(88)36(16-18-43(64)82)66-54(90)40(26-77)70-50(86)35(14-11-12-21-62)65-51(87)37(17-19-44(83)84)67-55(91)41(27-78)71-59(95)46(31(7)79)73-49(85)34(63)20-23-99-10/h28-42,45-48,77-81H,11-27,62-63H2,1-10H3,(H2,64,82)(H,65,87)(H,66,90)(H,67,91)(H,68,92)(H,69,94)(H,70,86)(H,71,95)(H,72,89)(H,73,85)(H,74,93)(H,75,88)(H,83,84)(H,97,98)/t31-,32-,33-,34+,35+,36+,37+,38+,39+,40+,41+,42+,45+,46+,47+,48+/m1/s1/i99+3. The summed E-state index contributed by atoms with van der Waals surface area (Å²) in [5.74, 6) is -17.2. The lowest BCUT2D eigenvalue weighted by Gasteiger charge is -2.32.